The smallest absolute Gasteiger partial charge is 0.211 e. The van der Waals surface area contributed by atoms with Crippen molar-refractivity contribution in [1.82, 2.24) is 0 Å². The van der Waals surface area contributed by atoms with Crippen LogP contribution in [0.3, 0.4) is 0 Å². The van der Waals surface area contributed by atoms with Crippen molar-refractivity contribution in [3.63, 3.8) is 0 Å². The monoisotopic (exact) mass is 249 g/mol. The van der Waals surface area contributed by atoms with Crippen molar-refractivity contribution in [3.8, 4) is 0 Å². The van der Waals surface area contributed by atoms with Crippen LogP contribution < -0.4 is 0 Å². The lowest BCUT2D eigenvalue weighted by Gasteiger charge is -2.14. The highest BCUT2D eigenvalue weighted by Crippen LogP contribution is 2.36. The van der Waals surface area contributed by atoms with Gasteiger partial charge in [0.15, 0.2) is 0 Å². The quantitative estimate of drug-likeness (QED) is 0.580. The van der Waals surface area contributed by atoms with Crippen molar-refractivity contribution in [2.45, 2.75) is 19.1 Å². The molecule has 0 saturated heterocycles. The number of carbonyl (C=O) groups excluding carboxylic acids is 1. The molecule has 16 heavy (non-hydrogen) atoms. The van der Waals surface area contributed by atoms with Gasteiger partial charge < -0.3 is 0 Å². The molecule has 0 amide bonds. The first kappa shape index (κ1) is 12.7. The zero-order chi connectivity index (χ0) is 12.3. The van der Waals surface area contributed by atoms with Gasteiger partial charge in [-0.3, -0.25) is 0 Å². The van der Waals surface area contributed by atoms with Crippen LogP contribution in [-0.2, 0) is 11.0 Å². The number of alkyl halides is 3. The largest absolute Gasteiger partial charge is 0.416 e. The summed E-state index contributed by atoms with van der Waals surface area (Å²) in [7, 11) is 0. The van der Waals surface area contributed by atoms with E-state index >= 15 is 0 Å². The number of isocyanates is 1. The Balaban J connectivity index is 3.33. The number of halogens is 4. The minimum absolute atomic E-state index is 0.0154. The molecule has 1 aromatic carbocycles. The van der Waals surface area contributed by atoms with E-state index in [0.717, 1.165) is 6.07 Å². The molecule has 2 nitrogen and oxygen atoms in total. The Hall–Kier alpha value is -1.32. The first-order valence-corrected chi connectivity index (χ1v) is 4.67. The van der Waals surface area contributed by atoms with Gasteiger partial charge in [-0.05, 0) is 24.6 Å². The highest BCUT2D eigenvalue weighted by atomic mass is 35.5. The Morgan fingerprint density at radius 1 is 1.44 bits per heavy atom. The second-order valence-electron chi connectivity index (χ2n) is 3.13. The molecule has 0 aliphatic carbocycles. The summed E-state index contributed by atoms with van der Waals surface area (Å²) in [6, 6.07) is 2.44. The average molecular weight is 250 g/mol. The predicted molar refractivity (Wildman–Crippen MR) is 53.0 cm³/mol. The van der Waals surface area contributed by atoms with E-state index in [2.05, 4.69) is 4.99 Å². The summed E-state index contributed by atoms with van der Waals surface area (Å²) >= 11 is 5.50. The van der Waals surface area contributed by atoms with Gasteiger partial charge in [0, 0.05) is 5.02 Å². The summed E-state index contributed by atoms with van der Waals surface area (Å²) in [5.41, 5.74) is -0.980. The van der Waals surface area contributed by atoms with Gasteiger partial charge in [0.25, 0.3) is 0 Å². The molecule has 0 saturated carbocycles. The lowest BCUT2D eigenvalue weighted by Crippen LogP contribution is -2.10. The molecule has 1 atom stereocenters. The molecule has 0 aromatic heterocycles. The van der Waals surface area contributed by atoms with Crippen LogP contribution in [0.5, 0.6) is 0 Å². The molecule has 0 fully saturated rings. The third-order valence-electron chi connectivity index (χ3n) is 2.02. The first-order chi connectivity index (χ1) is 7.36. The Morgan fingerprint density at radius 3 is 2.56 bits per heavy atom. The third-order valence-corrected chi connectivity index (χ3v) is 2.25. The van der Waals surface area contributed by atoms with Crippen molar-refractivity contribution < 1.29 is 18.0 Å². The van der Waals surface area contributed by atoms with E-state index in [1.165, 1.54) is 25.1 Å². The Kier molecular flexibility index (Phi) is 3.73. The fraction of sp³-hybridized carbons (Fsp3) is 0.300. The topological polar surface area (TPSA) is 29.4 Å². The Morgan fingerprint density at radius 2 is 2.06 bits per heavy atom. The number of rotatable bonds is 2. The molecule has 0 aliphatic heterocycles. The molecule has 1 rings (SSSR count). The van der Waals surface area contributed by atoms with E-state index in [-0.39, 0.29) is 10.6 Å². The van der Waals surface area contributed by atoms with Crippen LogP contribution in [0.4, 0.5) is 13.2 Å². The van der Waals surface area contributed by atoms with Gasteiger partial charge in [0.05, 0.1) is 11.6 Å². The number of benzene rings is 1. The normalized spacial score (nSPS) is 13.1. The fourth-order valence-electron chi connectivity index (χ4n) is 1.29. The van der Waals surface area contributed by atoms with Crippen molar-refractivity contribution >= 4 is 17.7 Å². The van der Waals surface area contributed by atoms with E-state index in [9.17, 15) is 18.0 Å². The summed E-state index contributed by atoms with van der Waals surface area (Å²) in [5, 5.41) is -0.0154. The molecular weight excluding hydrogens is 243 g/mol. The standard InChI is InChI=1S/C10H7ClF3NO/c1-6(15-5-16)8-3-2-7(11)4-9(8)10(12,13)14/h2-4,6H,1H3. The maximum atomic E-state index is 12.6. The summed E-state index contributed by atoms with van der Waals surface area (Å²) in [4.78, 5) is 13.3. The van der Waals surface area contributed by atoms with E-state index in [0.29, 0.717) is 0 Å². The van der Waals surface area contributed by atoms with Crippen LogP contribution in [0.1, 0.15) is 24.1 Å². The summed E-state index contributed by atoms with van der Waals surface area (Å²) in [6.45, 7) is 1.38. The number of hydrogen-bond donors (Lipinski definition) is 0. The molecule has 0 heterocycles. The maximum absolute atomic E-state index is 12.6. The second-order valence-corrected chi connectivity index (χ2v) is 3.56. The van der Waals surface area contributed by atoms with Gasteiger partial charge in [-0.2, -0.15) is 18.2 Å². The zero-order valence-corrected chi connectivity index (χ0v) is 8.93. The van der Waals surface area contributed by atoms with Gasteiger partial charge >= 0.3 is 6.18 Å². The van der Waals surface area contributed by atoms with Crippen molar-refractivity contribution in [2.75, 3.05) is 0 Å². The van der Waals surface area contributed by atoms with E-state index in [4.69, 9.17) is 11.6 Å². The van der Waals surface area contributed by atoms with Crippen LogP contribution in [-0.4, -0.2) is 6.08 Å². The van der Waals surface area contributed by atoms with Crippen LogP contribution >= 0.6 is 11.6 Å². The van der Waals surface area contributed by atoms with E-state index in [1.807, 2.05) is 0 Å². The predicted octanol–water partition coefficient (Wildman–Crippen LogP) is 3.76. The minimum Gasteiger partial charge on any atom is -0.211 e. The highest BCUT2D eigenvalue weighted by Gasteiger charge is 2.34. The van der Waals surface area contributed by atoms with Crippen LogP contribution in [0, 0.1) is 0 Å². The maximum Gasteiger partial charge on any atom is 0.416 e. The van der Waals surface area contributed by atoms with Crippen molar-refractivity contribution in [1.29, 1.82) is 0 Å². The van der Waals surface area contributed by atoms with Gasteiger partial charge in [0.2, 0.25) is 6.08 Å². The van der Waals surface area contributed by atoms with Gasteiger partial charge in [-0.1, -0.05) is 17.7 Å². The molecule has 0 aliphatic rings. The van der Waals surface area contributed by atoms with Crippen molar-refractivity contribution in [3.05, 3.63) is 34.3 Å². The van der Waals surface area contributed by atoms with Gasteiger partial charge in [-0.25, -0.2) is 4.79 Å². The van der Waals surface area contributed by atoms with E-state index in [1.54, 1.807) is 0 Å². The number of hydrogen-bond acceptors (Lipinski definition) is 2. The molecule has 6 heteroatoms. The summed E-state index contributed by atoms with van der Waals surface area (Å²) < 4.78 is 37.9. The van der Waals surface area contributed by atoms with Gasteiger partial charge in [-0.15, -0.1) is 0 Å². The molecule has 1 unspecified atom stereocenters. The van der Waals surface area contributed by atoms with Crippen LogP contribution in [0.25, 0.3) is 0 Å². The Labute approximate surface area is 94.7 Å². The Bertz CT molecular complexity index is 438. The fourth-order valence-corrected chi connectivity index (χ4v) is 1.46. The second kappa shape index (κ2) is 4.68. The van der Waals surface area contributed by atoms with Crippen molar-refractivity contribution in [2.24, 2.45) is 4.99 Å². The zero-order valence-electron chi connectivity index (χ0n) is 8.18. The molecule has 0 N–H and O–H groups in total. The number of aliphatic imine (C=N–C) groups is 1. The molecule has 0 radical (unpaired) electrons. The molecule has 86 valence electrons. The summed E-state index contributed by atoms with van der Waals surface area (Å²) in [6.07, 6.45) is -3.29. The molecule has 0 spiro atoms. The van der Waals surface area contributed by atoms with Gasteiger partial charge in [0.1, 0.15) is 0 Å². The summed E-state index contributed by atoms with van der Waals surface area (Å²) in [5.74, 6) is 0. The minimum atomic E-state index is -4.52. The molecular formula is C10H7ClF3NO. The molecule has 1 aromatic rings. The first-order valence-electron chi connectivity index (χ1n) is 4.30. The van der Waals surface area contributed by atoms with Crippen LogP contribution in [0.15, 0.2) is 23.2 Å². The third kappa shape index (κ3) is 2.84. The SMILES string of the molecule is CC(N=C=O)c1ccc(Cl)cc1C(F)(F)F. The molecule has 0 bridgehead atoms. The average Bonchev–Trinajstić information content (AvgIpc) is 2.16. The number of nitrogens with zero attached hydrogens (tertiary/aromatic N) is 1. The van der Waals surface area contributed by atoms with Crippen LogP contribution in [0.2, 0.25) is 5.02 Å². The lowest BCUT2D eigenvalue weighted by atomic mass is 10.0. The highest BCUT2D eigenvalue weighted by molar-refractivity contribution is 6.30. The lowest BCUT2D eigenvalue weighted by molar-refractivity contribution is -0.138. The van der Waals surface area contributed by atoms with E-state index < -0.39 is 17.8 Å².